The lowest BCUT2D eigenvalue weighted by Crippen LogP contribution is -2.55. The van der Waals surface area contributed by atoms with E-state index in [9.17, 15) is 29.1 Å². The number of carbonyl (C=O) groups is 5. The van der Waals surface area contributed by atoms with Crippen molar-refractivity contribution in [3.05, 3.63) is 0 Å². The maximum atomic E-state index is 12.0. The van der Waals surface area contributed by atoms with Gasteiger partial charge < -0.3 is 34.1 Å². The first-order valence-corrected chi connectivity index (χ1v) is 10.0. The minimum atomic E-state index is -1.38. The summed E-state index contributed by atoms with van der Waals surface area (Å²) in [7, 11) is 0. The molecule has 0 aliphatic carbocycles. The van der Waals surface area contributed by atoms with Gasteiger partial charge in [-0.3, -0.25) is 14.4 Å². The molecule has 1 heterocycles. The summed E-state index contributed by atoms with van der Waals surface area (Å²) in [6.45, 7) is 8.07. The second-order valence-electron chi connectivity index (χ2n) is 8.33. The van der Waals surface area contributed by atoms with Gasteiger partial charge in [0, 0.05) is 33.6 Å². The van der Waals surface area contributed by atoms with Gasteiger partial charge in [0.1, 0.15) is 30.5 Å². The molecule has 1 aliphatic rings. The van der Waals surface area contributed by atoms with Crippen LogP contribution in [0, 0.1) is 0 Å². The lowest BCUT2D eigenvalue weighted by Gasteiger charge is -2.40. The molecular weight excluding hydrogens is 430 g/mol. The van der Waals surface area contributed by atoms with Crippen molar-refractivity contribution in [2.75, 3.05) is 6.61 Å². The number of hydrogen-bond acceptors (Lipinski definition) is 10. The summed E-state index contributed by atoms with van der Waals surface area (Å²) in [6, 6.07) is -1.38. The molecule has 32 heavy (non-hydrogen) atoms. The van der Waals surface area contributed by atoms with Crippen molar-refractivity contribution in [2.24, 2.45) is 0 Å². The molecule has 0 radical (unpaired) electrons. The van der Waals surface area contributed by atoms with Crippen LogP contribution in [0.1, 0.15) is 54.4 Å². The lowest BCUT2D eigenvalue weighted by atomic mass is 9.94. The van der Waals surface area contributed by atoms with E-state index in [2.05, 4.69) is 5.32 Å². The zero-order chi connectivity index (χ0) is 24.6. The van der Waals surface area contributed by atoms with Crippen LogP contribution in [0.5, 0.6) is 0 Å². The summed E-state index contributed by atoms with van der Waals surface area (Å²) < 4.78 is 26.4. The van der Waals surface area contributed by atoms with Gasteiger partial charge >= 0.3 is 30.0 Å². The summed E-state index contributed by atoms with van der Waals surface area (Å²) in [5.41, 5.74) is -0.832. The molecule has 1 aliphatic heterocycles. The first-order chi connectivity index (χ1) is 14.7. The minimum Gasteiger partial charge on any atom is -0.480 e. The smallest absolute Gasteiger partial charge is 0.408 e. The third kappa shape index (κ3) is 9.94. The molecule has 1 rings (SSSR count). The van der Waals surface area contributed by atoms with Crippen LogP contribution in [-0.2, 0) is 42.9 Å². The summed E-state index contributed by atoms with van der Waals surface area (Å²) in [5.74, 6) is -3.27. The molecule has 0 aromatic rings. The highest BCUT2D eigenvalue weighted by atomic mass is 16.6. The number of carboxylic acid groups (broad SMARTS) is 1. The molecule has 0 spiro atoms. The standard InChI is InChI=1S/C20H31NO11/c1-10(22)28-9-16-17(30-12(3)24)15(29-11(2)23)8-13(31-16)7-14(18(25)26)21-19(27)32-20(4,5)6/h13-17H,7-9H2,1-6H3,(H,21,27)(H,25,26)/t13-,14+,15+,16+,17+/m0/s1. The van der Waals surface area contributed by atoms with Gasteiger partial charge in [0.05, 0.1) is 6.10 Å². The van der Waals surface area contributed by atoms with E-state index in [-0.39, 0.29) is 19.4 Å². The molecule has 12 heteroatoms. The van der Waals surface area contributed by atoms with Crippen molar-refractivity contribution in [1.29, 1.82) is 0 Å². The second kappa shape index (κ2) is 11.7. The van der Waals surface area contributed by atoms with E-state index in [4.69, 9.17) is 23.7 Å². The zero-order valence-corrected chi connectivity index (χ0v) is 19.0. The van der Waals surface area contributed by atoms with Gasteiger partial charge in [0.25, 0.3) is 0 Å². The summed E-state index contributed by atoms with van der Waals surface area (Å²) >= 11 is 0. The molecule has 12 nitrogen and oxygen atoms in total. The first-order valence-electron chi connectivity index (χ1n) is 10.0. The Bertz CT molecular complexity index is 715. The van der Waals surface area contributed by atoms with Crippen molar-refractivity contribution >= 4 is 30.0 Å². The molecule has 1 amide bonds. The van der Waals surface area contributed by atoms with Crippen LogP contribution >= 0.6 is 0 Å². The third-order valence-electron chi connectivity index (χ3n) is 4.15. The van der Waals surface area contributed by atoms with Crippen molar-refractivity contribution in [3.8, 4) is 0 Å². The van der Waals surface area contributed by atoms with Crippen molar-refractivity contribution in [3.63, 3.8) is 0 Å². The predicted molar refractivity (Wildman–Crippen MR) is 106 cm³/mol. The number of ether oxygens (including phenoxy) is 5. The fraction of sp³-hybridized carbons (Fsp3) is 0.750. The summed E-state index contributed by atoms with van der Waals surface area (Å²) in [4.78, 5) is 58.1. The highest BCUT2D eigenvalue weighted by Gasteiger charge is 2.44. The molecule has 0 aromatic carbocycles. The van der Waals surface area contributed by atoms with E-state index < -0.39 is 66.0 Å². The van der Waals surface area contributed by atoms with Gasteiger partial charge in [-0.1, -0.05) is 0 Å². The number of carbonyl (C=O) groups excluding carboxylic acids is 4. The molecular formula is C20H31NO11. The maximum Gasteiger partial charge on any atom is 0.408 e. The average molecular weight is 461 g/mol. The number of rotatable bonds is 8. The number of alkyl carbamates (subject to hydrolysis) is 1. The Hall–Kier alpha value is -2.89. The second-order valence-corrected chi connectivity index (χ2v) is 8.33. The number of carboxylic acids is 1. The number of aliphatic carboxylic acids is 1. The molecule has 0 unspecified atom stereocenters. The Labute approximate surface area is 185 Å². The summed E-state index contributed by atoms with van der Waals surface area (Å²) in [5, 5.41) is 11.8. The molecule has 1 saturated heterocycles. The summed E-state index contributed by atoms with van der Waals surface area (Å²) in [6.07, 6.45) is -5.08. The van der Waals surface area contributed by atoms with Gasteiger partial charge in [-0.2, -0.15) is 0 Å². The topological polar surface area (TPSA) is 164 Å². The number of esters is 3. The van der Waals surface area contributed by atoms with Crippen LogP contribution in [0.4, 0.5) is 4.79 Å². The maximum absolute atomic E-state index is 12.0. The third-order valence-corrected chi connectivity index (χ3v) is 4.15. The average Bonchev–Trinajstić information content (AvgIpc) is 2.59. The van der Waals surface area contributed by atoms with Gasteiger partial charge in [-0.05, 0) is 20.8 Å². The fourth-order valence-electron chi connectivity index (χ4n) is 3.10. The van der Waals surface area contributed by atoms with Crippen LogP contribution in [-0.4, -0.2) is 77.7 Å². The Morgan fingerprint density at radius 3 is 2.09 bits per heavy atom. The normalized spacial score (nSPS) is 23.9. The Morgan fingerprint density at radius 2 is 1.62 bits per heavy atom. The quantitative estimate of drug-likeness (QED) is 0.390. The number of hydrogen-bond donors (Lipinski definition) is 2. The van der Waals surface area contributed by atoms with E-state index in [1.54, 1.807) is 20.8 Å². The van der Waals surface area contributed by atoms with E-state index in [0.717, 1.165) is 6.92 Å². The Morgan fingerprint density at radius 1 is 1.03 bits per heavy atom. The van der Waals surface area contributed by atoms with Crippen LogP contribution in [0.2, 0.25) is 0 Å². The highest BCUT2D eigenvalue weighted by Crippen LogP contribution is 2.28. The van der Waals surface area contributed by atoms with E-state index in [1.807, 2.05) is 0 Å². The molecule has 1 fully saturated rings. The van der Waals surface area contributed by atoms with Gasteiger partial charge in [-0.15, -0.1) is 0 Å². The first kappa shape index (κ1) is 27.1. The van der Waals surface area contributed by atoms with Gasteiger partial charge in [-0.25, -0.2) is 9.59 Å². The molecule has 182 valence electrons. The Balaban J connectivity index is 3.04. The SMILES string of the molecule is CC(=O)OC[C@H]1O[C@@H](C[C@@H](NC(=O)OC(C)(C)C)C(=O)O)C[C@@H](OC(C)=O)[C@H]1OC(C)=O. The van der Waals surface area contributed by atoms with E-state index in [0.29, 0.717) is 0 Å². The molecule has 0 aromatic heterocycles. The fourth-order valence-corrected chi connectivity index (χ4v) is 3.10. The predicted octanol–water partition coefficient (Wildman–Crippen LogP) is 0.938. The van der Waals surface area contributed by atoms with Gasteiger partial charge in [0.2, 0.25) is 0 Å². The van der Waals surface area contributed by atoms with E-state index >= 15 is 0 Å². The van der Waals surface area contributed by atoms with Crippen LogP contribution in [0.25, 0.3) is 0 Å². The molecule has 2 N–H and O–H groups in total. The molecule has 0 saturated carbocycles. The molecule has 0 bridgehead atoms. The number of nitrogens with one attached hydrogen (secondary N) is 1. The number of amides is 1. The largest absolute Gasteiger partial charge is 0.480 e. The molecule has 5 atom stereocenters. The highest BCUT2D eigenvalue weighted by molar-refractivity contribution is 5.80. The van der Waals surface area contributed by atoms with Crippen LogP contribution in [0.3, 0.4) is 0 Å². The van der Waals surface area contributed by atoms with Crippen molar-refractivity contribution < 1.29 is 52.8 Å². The Kier molecular flexibility index (Phi) is 9.88. The van der Waals surface area contributed by atoms with Crippen molar-refractivity contribution in [2.45, 2.75) is 90.4 Å². The van der Waals surface area contributed by atoms with Crippen LogP contribution in [0.15, 0.2) is 0 Å². The monoisotopic (exact) mass is 461 g/mol. The zero-order valence-electron chi connectivity index (χ0n) is 19.0. The van der Waals surface area contributed by atoms with E-state index in [1.165, 1.54) is 13.8 Å². The van der Waals surface area contributed by atoms with Crippen LogP contribution < -0.4 is 5.32 Å². The van der Waals surface area contributed by atoms with Gasteiger partial charge in [0.15, 0.2) is 6.10 Å². The lowest BCUT2D eigenvalue weighted by molar-refractivity contribution is -0.216. The minimum absolute atomic E-state index is 0.0200. The van der Waals surface area contributed by atoms with Crippen molar-refractivity contribution in [1.82, 2.24) is 5.32 Å².